The van der Waals surface area contributed by atoms with Crippen LogP contribution in [0.3, 0.4) is 0 Å². The summed E-state index contributed by atoms with van der Waals surface area (Å²) in [5, 5.41) is 0. The van der Waals surface area contributed by atoms with Gasteiger partial charge in [0.05, 0.1) is 6.10 Å². The van der Waals surface area contributed by atoms with E-state index in [1.807, 2.05) is 0 Å². The van der Waals surface area contributed by atoms with Gasteiger partial charge in [-0.1, -0.05) is 13.8 Å². The number of rotatable bonds is 3. The summed E-state index contributed by atoms with van der Waals surface area (Å²) in [6.07, 6.45) is 5.26. The molecular weight excluding hydrogens is 264 g/mol. The summed E-state index contributed by atoms with van der Waals surface area (Å²) in [7, 11) is 0. The summed E-state index contributed by atoms with van der Waals surface area (Å²) in [6.45, 7) is 10.8. The molecule has 1 amide bonds. The summed E-state index contributed by atoms with van der Waals surface area (Å²) in [5.74, 6) is 0.724. The standard InChI is InChI=1S/C17H28N2O2/c1-16(2)8-14(16)15(20)19-11-17(12-19)5-6-18(10-17)9-13-4-3-7-21-13/h13-14H,3-12H2,1-2H3. The monoisotopic (exact) mass is 292 g/mol. The van der Waals surface area contributed by atoms with E-state index in [9.17, 15) is 4.79 Å². The van der Waals surface area contributed by atoms with Crippen molar-refractivity contribution < 1.29 is 9.53 Å². The van der Waals surface area contributed by atoms with Crippen LogP contribution < -0.4 is 0 Å². The first-order chi connectivity index (χ1) is 9.97. The van der Waals surface area contributed by atoms with E-state index in [0.29, 0.717) is 23.3 Å². The Morgan fingerprint density at radius 1 is 1.29 bits per heavy atom. The third-order valence-electron chi connectivity index (χ3n) is 6.18. The first kappa shape index (κ1) is 14.0. The highest BCUT2D eigenvalue weighted by Gasteiger charge is 2.56. The third kappa shape index (κ3) is 2.50. The first-order valence-electron chi connectivity index (χ1n) is 8.60. The fourth-order valence-corrected chi connectivity index (χ4v) is 4.55. The van der Waals surface area contributed by atoms with Crippen LogP contribution in [-0.4, -0.2) is 61.1 Å². The first-order valence-corrected chi connectivity index (χ1v) is 8.60. The minimum absolute atomic E-state index is 0.265. The predicted molar refractivity (Wildman–Crippen MR) is 80.9 cm³/mol. The average molecular weight is 292 g/mol. The van der Waals surface area contributed by atoms with E-state index in [1.54, 1.807) is 0 Å². The van der Waals surface area contributed by atoms with Gasteiger partial charge in [0, 0.05) is 44.1 Å². The van der Waals surface area contributed by atoms with E-state index < -0.39 is 0 Å². The highest BCUT2D eigenvalue weighted by atomic mass is 16.5. The molecule has 3 aliphatic heterocycles. The average Bonchev–Trinajstić information content (AvgIpc) is 2.84. The quantitative estimate of drug-likeness (QED) is 0.794. The molecule has 0 radical (unpaired) electrons. The largest absolute Gasteiger partial charge is 0.377 e. The number of nitrogens with zero attached hydrogens (tertiary/aromatic N) is 2. The van der Waals surface area contributed by atoms with Gasteiger partial charge in [0.15, 0.2) is 0 Å². The number of hydrogen-bond acceptors (Lipinski definition) is 3. The fraction of sp³-hybridized carbons (Fsp3) is 0.941. The second-order valence-corrected chi connectivity index (χ2v) is 8.56. The van der Waals surface area contributed by atoms with Crippen LogP contribution in [0.5, 0.6) is 0 Å². The highest BCUT2D eigenvalue weighted by Crippen LogP contribution is 2.54. The molecule has 2 unspecified atom stereocenters. The van der Waals surface area contributed by atoms with Gasteiger partial charge in [0.2, 0.25) is 5.91 Å². The normalized spacial score (nSPS) is 37.0. The highest BCUT2D eigenvalue weighted by molar-refractivity contribution is 5.83. The summed E-state index contributed by atoms with van der Waals surface area (Å²) >= 11 is 0. The van der Waals surface area contributed by atoms with Crippen LogP contribution in [0, 0.1) is 16.7 Å². The lowest BCUT2D eigenvalue weighted by atomic mass is 9.78. The Bertz CT molecular complexity index is 436. The van der Waals surface area contributed by atoms with Gasteiger partial charge in [0.25, 0.3) is 0 Å². The number of carbonyl (C=O) groups is 1. The number of amides is 1. The second kappa shape index (κ2) is 4.69. The molecule has 3 saturated heterocycles. The SMILES string of the molecule is CC1(C)CC1C(=O)N1CC2(CCN(CC3CCCO3)C2)C1. The van der Waals surface area contributed by atoms with Crippen molar-refractivity contribution in [2.24, 2.45) is 16.7 Å². The third-order valence-corrected chi connectivity index (χ3v) is 6.18. The van der Waals surface area contributed by atoms with Crippen molar-refractivity contribution in [3.63, 3.8) is 0 Å². The maximum atomic E-state index is 12.4. The Labute approximate surface area is 127 Å². The van der Waals surface area contributed by atoms with E-state index in [0.717, 1.165) is 32.7 Å². The zero-order valence-corrected chi connectivity index (χ0v) is 13.4. The van der Waals surface area contributed by atoms with Crippen molar-refractivity contribution in [1.82, 2.24) is 9.80 Å². The molecule has 0 aromatic carbocycles. The Balaban J connectivity index is 1.26. The molecule has 1 saturated carbocycles. The molecule has 21 heavy (non-hydrogen) atoms. The molecule has 4 heteroatoms. The molecule has 4 rings (SSSR count). The van der Waals surface area contributed by atoms with Gasteiger partial charge in [-0.25, -0.2) is 0 Å². The topological polar surface area (TPSA) is 32.8 Å². The second-order valence-electron chi connectivity index (χ2n) is 8.56. The Morgan fingerprint density at radius 2 is 2.05 bits per heavy atom. The smallest absolute Gasteiger partial charge is 0.226 e. The van der Waals surface area contributed by atoms with E-state index in [1.165, 1.54) is 32.4 Å². The maximum Gasteiger partial charge on any atom is 0.226 e. The molecule has 3 heterocycles. The summed E-state index contributed by atoms with van der Waals surface area (Å²) in [4.78, 5) is 17.1. The Hall–Kier alpha value is -0.610. The van der Waals surface area contributed by atoms with Gasteiger partial charge in [-0.05, 0) is 37.6 Å². The van der Waals surface area contributed by atoms with Crippen molar-refractivity contribution in [3.05, 3.63) is 0 Å². The fourth-order valence-electron chi connectivity index (χ4n) is 4.55. The van der Waals surface area contributed by atoms with Gasteiger partial charge in [-0.3, -0.25) is 4.79 Å². The number of likely N-dealkylation sites (tertiary alicyclic amines) is 2. The van der Waals surface area contributed by atoms with E-state index >= 15 is 0 Å². The van der Waals surface area contributed by atoms with Crippen LogP contribution in [0.25, 0.3) is 0 Å². The van der Waals surface area contributed by atoms with Gasteiger partial charge in [0.1, 0.15) is 0 Å². The molecule has 0 N–H and O–H groups in total. The molecular formula is C17H28N2O2. The molecule has 2 atom stereocenters. The van der Waals surface area contributed by atoms with Crippen LogP contribution in [-0.2, 0) is 9.53 Å². The summed E-state index contributed by atoms with van der Waals surface area (Å²) in [5.41, 5.74) is 0.675. The molecule has 4 fully saturated rings. The molecule has 0 aromatic rings. The molecule has 1 aliphatic carbocycles. The lowest BCUT2D eigenvalue weighted by Gasteiger charge is -2.48. The molecule has 0 bridgehead atoms. The van der Waals surface area contributed by atoms with E-state index in [4.69, 9.17) is 4.74 Å². The lowest BCUT2D eigenvalue weighted by molar-refractivity contribution is -0.145. The van der Waals surface area contributed by atoms with Crippen molar-refractivity contribution in [3.8, 4) is 0 Å². The van der Waals surface area contributed by atoms with Crippen LogP contribution in [0.4, 0.5) is 0 Å². The molecule has 118 valence electrons. The number of ether oxygens (including phenoxy) is 1. The maximum absolute atomic E-state index is 12.4. The van der Waals surface area contributed by atoms with Crippen molar-refractivity contribution in [2.75, 3.05) is 39.3 Å². The van der Waals surface area contributed by atoms with Crippen molar-refractivity contribution in [2.45, 2.75) is 45.6 Å². The van der Waals surface area contributed by atoms with Crippen molar-refractivity contribution in [1.29, 1.82) is 0 Å². The van der Waals surface area contributed by atoms with E-state index in [2.05, 4.69) is 23.6 Å². The zero-order valence-electron chi connectivity index (χ0n) is 13.4. The lowest BCUT2D eigenvalue weighted by Crippen LogP contribution is -2.60. The van der Waals surface area contributed by atoms with Crippen molar-refractivity contribution >= 4 is 5.91 Å². The molecule has 0 aromatic heterocycles. The van der Waals surface area contributed by atoms with Gasteiger partial charge < -0.3 is 14.5 Å². The van der Waals surface area contributed by atoms with Crippen LogP contribution in [0.2, 0.25) is 0 Å². The Kier molecular flexibility index (Phi) is 3.13. The summed E-state index contributed by atoms with van der Waals surface area (Å²) < 4.78 is 5.75. The minimum Gasteiger partial charge on any atom is -0.377 e. The zero-order chi connectivity index (χ0) is 14.7. The number of carbonyl (C=O) groups excluding carboxylic acids is 1. The predicted octanol–water partition coefficient (Wildman–Crippen LogP) is 1.75. The minimum atomic E-state index is 0.265. The molecule has 4 nitrogen and oxygen atoms in total. The van der Waals surface area contributed by atoms with Crippen LogP contribution >= 0.6 is 0 Å². The summed E-state index contributed by atoms with van der Waals surface area (Å²) in [6, 6.07) is 0. The van der Waals surface area contributed by atoms with Gasteiger partial charge in [-0.15, -0.1) is 0 Å². The Morgan fingerprint density at radius 3 is 2.67 bits per heavy atom. The van der Waals surface area contributed by atoms with Gasteiger partial charge in [-0.2, -0.15) is 0 Å². The van der Waals surface area contributed by atoms with Gasteiger partial charge >= 0.3 is 0 Å². The van der Waals surface area contributed by atoms with Crippen LogP contribution in [0.15, 0.2) is 0 Å². The van der Waals surface area contributed by atoms with E-state index in [-0.39, 0.29) is 5.41 Å². The molecule has 4 aliphatic rings. The van der Waals surface area contributed by atoms with Crippen LogP contribution in [0.1, 0.15) is 39.5 Å². The molecule has 1 spiro atoms. The number of hydrogen-bond donors (Lipinski definition) is 0.